The van der Waals surface area contributed by atoms with Crippen molar-refractivity contribution in [3.05, 3.63) is 23.3 Å². The lowest BCUT2D eigenvalue weighted by Gasteiger charge is -2.17. The van der Waals surface area contributed by atoms with Crippen LogP contribution in [-0.2, 0) is 17.1 Å². The van der Waals surface area contributed by atoms with Crippen LogP contribution < -0.4 is 9.47 Å². The lowest BCUT2D eigenvalue weighted by atomic mass is 10.0. The first-order valence-corrected chi connectivity index (χ1v) is 5.14. The van der Waals surface area contributed by atoms with Crippen molar-refractivity contribution in [3.63, 3.8) is 0 Å². The van der Waals surface area contributed by atoms with E-state index in [1.165, 1.54) is 14.2 Å². The van der Waals surface area contributed by atoms with Gasteiger partial charge >= 0.3 is 5.97 Å². The third-order valence-electron chi connectivity index (χ3n) is 2.40. The molecular weight excluding hydrogens is 246 g/mol. The topological polar surface area (TPSA) is 55.8 Å². The molecule has 0 spiro atoms. The summed E-state index contributed by atoms with van der Waals surface area (Å²) in [6, 6.07) is 2.26. The van der Waals surface area contributed by atoms with Crippen molar-refractivity contribution in [2.24, 2.45) is 0 Å². The number of hydrogen-bond acceptors (Lipinski definition) is 3. The van der Waals surface area contributed by atoms with Gasteiger partial charge in [-0.1, -0.05) is 0 Å². The van der Waals surface area contributed by atoms with Gasteiger partial charge in [-0.25, -0.2) is 8.78 Å². The third kappa shape index (κ3) is 3.09. The minimum atomic E-state index is -3.08. The average molecular weight is 260 g/mol. The molecule has 0 aliphatic heterocycles. The van der Waals surface area contributed by atoms with E-state index in [0.717, 1.165) is 19.1 Å². The van der Waals surface area contributed by atoms with Crippen LogP contribution in [0, 0.1) is 0 Å². The minimum absolute atomic E-state index is 0.0905. The first kappa shape index (κ1) is 14.2. The van der Waals surface area contributed by atoms with Gasteiger partial charge < -0.3 is 14.6 Å². The van der Waals surface area contributed by atoms with E-state index in [0.29, 0.717) is 0 Å². The number of methoxy groups -OCH3 is 2. The van der Waals surface area contributed by atoms with Crippen molar-refractivity contribution >= 4 is 5.97 Å². The lowest BCUT2D eigenvalue weighted by molar-refractivity contribution is -0.136. The summed E-state index contributed by atoms with van der Waals surface area (Å²) in [5.74, 6) is -3.96. The van der Waals surface area contributed by atoms with E-state index in [1.807, 2.05) is 0 Å². The molecule has 0 aliphatic rings. The fourth-order valence-electron chi connectivity index (χ4n) is 1.59. The van der Waals surface area contributed by atoms with Crippen LogP contribution in [0.25, 0.3) is 0 Å². The molecule has 0 saturated heterocycles. The molecule has 0 bridgehead atoms. The predicted molar refractivity (Wildman–Crippen MR) is 60.5 cm³/mol. The van der Waals surface area contributed by atoms with Gasteiger partial charge in [-0.3, -0.25) is 4.79 Å². The summed E-state index contributed by atoms with van der Waals surface area (Å²) >= 11 is 0. The summed E-state index contributed by atoms with van der Waals surface area (Å²) in [5, 5.41) is 8.76. The van der Waals surface area contributed by atoms with Gasteiger partial charge in [0.15, 0.2) is 11.5 Å². The van der Waals surface area contributed by atoms with E-state index in [4.69, 9.17) is 14.6 Å². The van der Waals surface area contributed by atoms with Crippen LogP contribution in [0.3, 0.4) is 0 Å². The summed E-state index contributed by atoms with van der Waals surface area (Å²) in [6.45, 7) is 0.735. The van der Waals surface area contributed by atoms with Gasteiger partial charge in [-0.05, 0) is 12.1 Å². The monoisotopic (exact) mass is 260 g/mol. The Morgan fingerprint density at radius 2 is 1.94 bits per heavy atom. The van der Waals surface area contributed by atoms with E-state index < -0.39 is 18.3 Å². The number of carbonyl (C=O) groups is 1. The Labute approximate surface area is 103 Å². The van der Waals surface area contributed by atoms with Crippen LogP contribution >= 0.6 is 0 Å². The van der Waals surface area contributed by atoms with Gasteiger partial charge in [-0.2, -0.15) is 0 Å². The van der Waals surface area contributed by atoms with Gasteiger partial charge in [0.25, 0.3) is 5.92 Å². The second kappa shape index (κ2) is 5.20. The number of alkyl halides is 2. The molecule has 18 heavy (non-hydrogen) atoms. The van der Waals surface area contributed by atoms with E-state index >= 15 is 0 Å². The molecule has 1 N–H and O–H groups in total. The Morgan fingerprint density at radius 3 is 2.33 bits per heavy atom. The highest BCUT2D eigenvalue weighted by molar-refractivity contribution is 5.72. The fourth-order valence-corrected chi connectivity index (χ4v) is 1.59. The smallest absolute Gasteiger partial charge is 0.307 e. The van der Waals surface area contributed by atoms with Gasteiger partial charge in [0.05, 0.1) is 20.6 Å². The summed E-state index contributed by atoms with van der Waals surface area (Å²) < 4.78 is 36.5. The van der Waals surface area contributed by atoms with Gasteiger partial charge in [0.2, 0.25) is 0 Å². The molecule has 100 valence electrons. The Balaban J connectivity index is 3.40. The van der Waals surface area contributed by atoms with E-state index in [2.05, 4.69) is 0 Å². The van der Waals surface area contributed by atoms with Crippen LogP contribution in [0.2, 0.25) is 0 Å². The Bertz CT molecular complexity index is 452. The fraction of sp³-hybridized carbons (Fsp3) is 0.417. The molecule has 0 aromatic heterocycles. The number of rotatable bonds is 5. The van der Waals surface area contributed by atoms with Gasteiger partial charge in [-0.15, -0.1) is 0 Å². The number of ether oxygens (including phenoxy) is 2. The number of carboxylic acid groups (broad SMARTS) is 1. The summed E-state index contributed by atoms with van der Waals surface area (Å²) in [7, 11) is 2.63. The summed E-state index contributed by atoms with van der Waals surface area (Å²) in [5.41, 5.74) is -0.155. The lowest BCUT2D eigenvalue weighted by Crippen LogP contribution is -2.11. The maximum absolute atomic E-state index is 13.3. The van der Waals surface area contributed by atoms with E-state index in [9.17, 15) is 13.6 Å². The number of aliphatic carboxylic acids is 1. The number of benzene rings is 1. The molecule has 0 atom stereocenters. The summed E-state index contributed by atoms with van der Waals surface area (Å²) in [4.78, 5) is 10.7. The molecule has 0 radical (unpaired) electrons. The molecule has 1 rings (SSSR count). The maximum Gasteiger partial charge on any atom is 0.307 e. The molecule has 1 aromatic rings. The zero-order valence-corrected chi connectivity index (χ0v) is 10.3. The second-order valence-corrected chi connectivity index (χ2v) is 3.83. The standard InChI is InChI=1S/C12H14F2O4/c1-12(13,14)8-4-7(5-10(15)16)11(18-3)9(6-8)17-2/h4,6H,5H2,1-3H3,(H,15,16). The first-order valence-electron chi connectivity index (χ1n) is 5.14. The normalized spacial score (nSPS) is 11.2. The molecule has 1 aromatic carbocycles. The van der Waals surface area contributed by atoms with Crippen molar-refractivity contribution in [3.8, 4) is 11.5 Å². The Hall–Kier alpha value is -1.85. The molecule has 0 saturated carbocycles. The van der Waals surface area contributed by atoms with Crippen LogP contribution in [0.15, 0.2) is 12.1 Å². The Kier molecular flexibility index (Phi) is 4.11. The van der Waals surface area contributed by atoms with Crippen molar-refractivity contribution < 1.29 is 28.2 Å². The largest absolute Gasteiger partial charge is 0.493 e. The van der Waals surface area contributed by atoms with Gasteiger partial charge in [0.1, 0.15) is 0 Å². The highest BCUT2D eigenvalue weighted by Gasteiger charge is 2.28. The highest BCUT2D eigenvalue weighted by Crippen LogP contribution is 2.38. The average Bonchev–Trinajstić information content (AvgIpc) is 2.25. The number of halogens is 2. The van der Waals surface area contributed by atoms with E-state index in [-0.39, 0.29) is 22.6 Å². The molecule has 0 fully saturated rings. The van der Waals surface area contributed by atoms with Crippen LogP contribution in [0.5, 0.6) is 11.5 Å². The van der Waals surface area contributed by atoms with Crippen molar-refractivity contribution in [1.29, 1.82) is 0 Å². The van der Waals surface area contributed by atoms with Crippen molar-refractivity contribution in [2.75, 3.05) is 14.2 Å². The van der Waals surface area contributed by atoms with Crippen molar-refractivity contribution in [2.45, 2.75) is 19.3 Å². The van der Waals surface area contributed by atoms with Crippen LogP contribution in [0.1, 0.15) is 18.1 Å². The molecule has 0 unspecified atom stereocenters. The first-order chi connectivity index (χ1) is 8.29. The highest BCUT2D eigenvalue weighted by atomic mass is 19.3. The molecule has 6 heteroatoms. The van der Waals surface area contributed by atoms with Crippen LogP contribution in [-0.4, -0.2) is 25.3 Å². The van der Waals surface area contributed by atoms with Crippen LogP contribution in [0.4, 0.5) is 8.78 Å². The zero-order chi connectivity index (χ0) is 13.9. The number of hydrogen-bond donors (Lipinski definition) is 1. The molecule has 0 heterocycles. The Morgan fingerprint density at radius 1 is 1.33 bits per heavy atom. The minimum Gasteiger partial charge on any atom is -0.493 e. The third-order valence-corrected chi connectivity index (χ3v) is 2.40. The second-order valence-electron chi connectivity index (χ2n) is 3.83. The molecule has 0 aliphatic carbocycles. The number of carboxylic acids is 1. The molecule has 0 amide bonds. The van der Waals surface area contributed by atoms with Crippen molar-refractivity contribution in [1.82, 2.24) is 0 Å². The van der Waals surface area contributed by atoms with Gasteiger partial charge in [0, 0.05) is 18.1 Å². The quantitative estimate of drug-likeness (QED) is 0.883. The SMILES string of the molecule is COc1cc(C(C)(F)F)cc(CC(=O)O)c1OC. The summed E-state index contributed by atoms with van der Waals surface area (Å²) in [6.07, 6.45) is -0.413. The predicted octanol–water partition coefficient (Wildman–Crippen LogP) is 2.44. The maximum atomic E-state index is 13.3. The molecule has 4 nitrogen and oxygen atoms in total. The van der Waals surface area contributed by atoms with E-state index in [1.54, 1.807) is 0 Å². The zero-order valence-electron chi connectivity index (χ0n) is 10.3. The molecular formula is C12H14F2O4.